The number of carbonyl (C=O) groups is 2. The number of nitrogens with zero attached hydrogens (tertiary/aromatic N) is 3. The molecule has 178 valence electrons. The second-order valence-electron chi connectivity index (χ2n) is 7.47. The average molecular weight is 506 g/mol. The maximum Gasteiger partial charge on any atom is 0.341 e. The highest BCUT2D eigenvalue weighted by Crippen LogP contribution is 2.37. The standard InChI is InChI=1S/C25H23N5O3S2/c1-4-33-24(32)20-16(3)21(35-23(20)27-17-8-6-5-7-9-17)22(31)28-25-26-14-19(34-25)30-29-18-12-10-15(2)11-13-18/h5-14,27H,4H2,1-3H3,(H,26,28,31). The number of thiazole rings is 1. The molecule has 4 rings (SSSR count). The van der Waals surface area contributed by atoms with Gasteiger partial charge in [0.25, 0.3) is 5.91 Å². The molecule has 2 aromatic heterocycles. The highest BCUT2D eigenvalue weighted by atomic mass is 32.1. The summed E-state index contributed by atoms with van der Waals surface area (Å²) in [5.74, 6) is -0.845. The van der Waals surface area contributed by atoms with E-state index in [1.54, 1.807) is 20.0 Å². The number of rotatable bonds is 8. The molecule has 1 amide bonds. The van der Waals surface area contributed by atoms with Crippen molar-refractivity contribution in [2.45, 2.75) is 20.8 Å². The number of anilines is 3. The zero-order valence-electron chi connectivity index (χ0n) is 19.4. The Morgan fingerprint density at radius 3 is 2.46 bits per heavy atom. The molecule has 0 saturated heterocycles. The van der Waals surface area contributed by atoms with Gasteiger partial charge < -0.3 is 10.1 Å². The van der Waals surface area contributed by atoms with Crippen LogP contribution in [0.15, 0.2) is 71.0 Å². The third-order valence-corrected chi connectivity index (χ3v) is 6.88. The Bertz CT molecular complexity index is 1360. The second-order valence-corrected chi connectivity index (χ2v) is 9.49. The lowest BCUT2D eigenvalue weighted by molar-refractivity contribution is 0.0527. The van der Waals surface area contributed by atoms with Gasteiger partial charge in [0.15, 0.2) is 10.1 Å². The highest BCUT2D eigenvalue weighted by Gasteiger charge is 2.26. The average Bonchev–Trinajstić information content (AvgIpc) is 3.43. The zero-order chi connectivity index (χ0) is 24.8. The van der Waals surface area contributed by atoms with Crippen LogP contribution in [0.3, 0.4) is 0 Å². The fraction of sp³-hybridized carbons (Fsp3) is 0.160. The van der Waals surface area contributed by atoms with Crippen LogP contribution in [-0.4, -0.2) is 23.5 Å². The molecule has 0 bridgehead atoms. The Hall–Kier alpha value is -3.89. The predicted molar refractivity (Wildman–Crippen MR) is 140 cm³/mol. The molecule has 0 aliphatic rings. The molecule has 2 heterocycles. The molecule has 0 aliphatic heterocycles. The Kier molecular flexibility index (Phi) is 7.64. The molecule has 0 fully saturated rings. The van der Waals surface area contributed by atoms with Gasteiger partial charge in [-0.05, 0) is 50.6 Å². The Morgan fingerprint density at radius 2 is 1.74 bits per heavy atom. The summed E-state index contributed by atoms with van der Waals surface area (Å²) in [5, 5.41) is 15.9. The number of ether oxygens (including phenoxy) is 1. The van der Waals surface area contributed by atoms with Crippen LogP contribution in [0.2, 0.25) is 0 Å². The number of nitrogens with one attached hydrogen (secondary N) is 2. The number of azo groups is 1. The molecule has 35 heavy (non-hydrogen) atoms. The van der Waals surface area contributed by atoms with Gasteiger partial charge in [-0.25, -0.2) is 9.78 Å². The van der Waals surface area contributed by atoms with Crippen molar-refractivity contribution in [1.29, 1.82) is 0 Å². The third kappa shape index (κ3) is 5.97. The van der Waals surface area contributed by atoms with Crippen LogP contribution in [0.4, 0.5) is 26.5 Å². The topological polar surface area (TPSA) is 105 Å². The number of hydrogen-bond acceptors (Lipinski definition) is 9. The van der Waals surface area contributed by atoms with E-state index < -0.39 is 5.97 Å². The van der Waals surface area contributed by atoms with Gasteiger partial charge in [-0.1, -0.05) is 47.2 Å². The van der Waals surface area contributed by atoms with Crippen LogP contribution in [0.1, 0.15) is 38.1 Å². The lowest BCUT2D eigenvalue weighted by Crippen LogP contribution is -2.12. The summed E-state index contributed by atoms with van der Waals surface area (Å²) in [6, 6.07) is 17.1. The van der Waals surface area contributed by atoms with Gasteiger partial charge in [0.2, 0.25) is 0 Å². The number of carbonyl (C=O) groups excluding carboxylic acids is 2. The number of aryl methyl sites for hydroxylation is 1. The third-order valence-electron chi connectivity index (χ3n) is 4.88. The van der Waals surface area contributed by atoms with E-state index in [9.17, 15) is 9.59 Å². The monoisotopic (exact) mass is 505 g/mol. The highest BCUT2D eigenvalue weighted by molar-refractivity contribution is 7.20. The quantitative estimate of drug-likeness (QED) is 0.192. The number of para-hydroxylation sites is 1. The van der Waals surface area contributed by atoms with Gasteiger partial charge >= 0.3 is 5.97 Å². The predicted octanol–water partition coefficient (Wildman–Crippen LogP) is 7.41. The zero-order valence-corrected chi connectivity index (χ0v) is 21.0. The lowest BCUT2D eigenvalue weighted by Gasteiger charge is -2.07. The summed E-state index contributed by atoms with van der Waals surface area (Å²) in [5.41, 5.74) is 3.56. The summed E-state index contributed by atoms with van der Waals surface area (Å²) in [7, 11) is 0. The molecule has 2 aromatic carbocycles. The number of hydrogen-bond donors (Lipinski definition) is 2. The first-order chi connectivity index (χ1) is 16.9. The van der Waals surface area contributed by atoms with Gasteiger partial charge in [0.05, 0.1) is 28.9 Å². The molecule has 0 unspecified atom stereocenters. The minimum atomic E-state index is -0.480. The van der Waals surface area contributed by atoms with Crippen LogP contribution in [0.25, 0.3) is 0 Å². The van der Waals surface area contributed by atoms with Gasteiger partial charge in [-0.15, -0.1) is 21.6 Å². The van der Waals surface area contributed by atoms with E-state index in [-0.39, 0.29) is 12.5 Å². The van der Waals surface area contributed by atoms with Crippen molar-refractivity contribution in [1.82, 2.24) is 4.98 Å². The number of thiophene rings is 1. The smallest absolute Gasteiger partial charge is 0.341 e. The largest absolute Gasteiger partial charge is 0.462 e. The van der Waals surface area contributed by atoms with Crippen LogP contribution in [0, 0.1) is 13.8 Å². The van der Waals surface area contributed by atoms with E-state index in [1.807, 2.05) is 61.5 Å². The van der Waals surface area contributed by atoms with Crippen LogP contribution in [-0.2, 0) is 4.74 Å². The first kappa shape index (κ1) is 24.2. The number of aromatic nitrogens is 1. The van der Waals surface area contributed by atoms with Crippen molar-refractivity contribution in [2.24, 2.45) is 10.2 Å². The second kappa shape index (κ2) is 11.0. The SMILES string of the molecule is CCOC(=O)c1c(Nc2ccccc2)sc(C(=O)Nc2ncc(N=Nc3ccc(C)cc3)s2)c1C. The number of benzene rings is 2. The van der Waals surface area contributed by atoms with E-state index in [1.165, 1.54) is 22.7 Å². The fourth-order valence-electron chi connectivity index (χ4n) is 3.16. The van der Waals surface area contributed by atoms with Crippen molar-refractivity contribution in [3.8, 4) is 0 Å². The molecule has 0 aliphatic carbocycles. The molecular weight excluding hydrogens is 482 g/mol. The normalized spacial score (nSPS) is 10.9. The fourth-order valence-corrected chi connectivity index (χ4v) is 4.91. The van der Waals surface area contributed by atoms with E-state index >= 15 is 0 Å². The molecule has 0 atom stereocenters. The maximum atomic E-state index is 13.1. The Morgan fingerprint density at radius 1 is 1.00 bits per heavy atom. The Balaban J connectivity index is 1.53. The molecule has 8 nitrogen and oxygen atoms in total. The van der Waals surface area contributed by atoms with Crippen molar-refractivity contribution in [2.75, 3.05) is 17.2 Å². The van der Waals surface area contributed by atoms with Crippen molar-refractivity contribution >= 4 is 61.1 Å². The number of amides is 1. The van der Waals surface area contributed by atoms with E-state index in [4.69, 9.17) is 4.74 Å². The molecule has 10 heteroatoms. The summed E-state index contributed by atoms with van der Waals surface area (Å²) in [6.07, 6.45) is 1.55. The van der Waals surface area contributed by atoms with E-state index in [0.717, 1.165) is 16.9 Å². The Labute approximate surface area is 210 Å². The van der Waals surface area contributed by atoms with Crippen LogP contribution < -0.4 is 10.6 Å². The van der Waals surface area contributed by atoms with Crippen molar-refractivity contribution < 1.29 is 14.3 Å². The van der Waals surface area contributed by atoms with Gasteiger partial charge in [-0.2, -0.15) is 0 Å². The van der Waals surface area contributed by atoms with Crippen LogP contribution >= 0.6 is 22.7 Å². The first-order valence-corrected chi connectivity index (χ1v) is 12.5. The maximum absolute atomic E-state index is 13.1. The molecule has 0 spiro atoms. The minimum Gasteiger partial charge on any atom is -0.462 e. The van der Waals surface area contributed by atoms with Crippen molar-refractivity contribution in [3.63, 3.8) is 0 Å². The summed E-state index contributed by atoms with van der Waals surface area (Å²) >= 11 is 2.39. The van der Waals surface area contributed by atoms with Gasteiger partial charge in [-0.3, -0.25) is 10.1 Å². The number of esters is 1. The molecule has 0 radical (unpaired) electrons. The first-order valence-electron chi connectivity index (χ1n) is 10.8. The van der Waals surface area contributed by atoms with Crippen molar-refractivity contribution in [3.05, 3.63) is 82.4 Å². The molecule has 4 aromatic rings. The minimum absolute atomic E-state index is 0.236. The van der Waals surface area contributed by atoms with Gasteiger partial charge in [0.1, 0.15) is 5.00 Å². The summed E-state index contributed by atoms with van der Waals surface area (Å²) in [4.78, 5) is 30.4. The summed E-state index contributed by atoms with van der Waals surface area (Å²) in [6.45, 7) is 5.72. The van der Waals surface area contributed by atoms with Crippen LogP contribution in [0.5, 0.6) is 0 Å². The molecule has 2 N–H and O–H groups in total. The molecular formula is C25H23N5O3S2. The summed E-state index contributed by atoms with van der Waals surface area (Å²) < 4.78 is 5.23. The van der Waals surface area contributed by atoms with E-state index in [2.05, 4.69) is 25.8 Å². The lowest BCUT2D eigenvalue weighted by atomic mass is 10.1. The van der Waals surface area contributed by atoms with E-state index in [0.29, 0.717) is 31.1 Å². The molecule has 0 saturated carbocycles. The van der Waals surface area contributed by atoms with Gasteiger partial charge in [0, 0.05) is 5.69 Å².